The van der Waals surface area contributed by atoms with E-state index in [-0.39, 0.29) is 24.0 Å². The van der Waals surface area contributed by atoms with Gasteiger partial charge in [-0.25, -0.2) is 8.42 Å². The molecule has 0 spiro atoms. The van der Waals surface area contributed by atoms with E-state index in [0.717, 1.165) is 24.9 Å². The number of rotatable bonds is 8. The van der Waals surface area contributed by atoms with Crippen LogP contribution in [-0.4, -0.2) is 58.3 Å². The van der Waals surface area contributed by atoms with Gasteiger partial charge in [0, 0.05) is 32.7 Å². The molecule has 1 aliphatic rings. The van der Waals surface area contributed by atoms with E-state index in [9.17, 15) is 8.42 Å². The number of benzene rings is 1. The van der Waals surface area contributed by atoms with Gasteiger partial charge in [0.1, 0.15) is 0 Å². The van der Waals surface area contributed by atoms with Crippen LogP contribution in [-0.2, 0) is 16.6 Å². The lowest BCUT2D eigenvalue weighted by atomic mass is 10.0. The number of anilines is 1. The molecule has 1 aromatic carbocycles. The second-order valence-electron chi connectivity index (χ2n) is 6.98. The number of nitrogens with one attached hydrogen (secondary N) is 3. The number of hydrogen-bond donors (Lipinski definition) is 3. The molecule has 0 saturated carbocycles. The van der Waals surface area contributed by atoms with E-state index in [1.807, 2.05) is 18.2 Å². The molecule has 1 saturated heterocycles. The van der Waals surface area contributed by atoms with Gasteiger partial charge in [-0.2, -0.15) is 0 Å². The van der Waals surface area contributed by atoms with Gasteiger partial charge in [0.2, 0.25) is 10.0 Å². The maximum absolute atomic E-state index is 11.5. The summed E-state index contributed by atoms with van der Waals surface area (Å²) in [4.78, 5) is 6.83. The molecule has 1 unspecified atom stereocenters. The van der Waals surface area contributed by atoms with Crippen molar-refractivity contribution in [3.05, 3.63) is 29.8 Å². The minimum atomic E-state index is -3.31. The Morgan fingerprint density at radius 2 is 2.00 bits per heavy atom. The van der Waals surface area contributed by atoms with Gasteiger partial charge < -0.3 is 10.6 Å². The number of halogens is 1. The zero-order valence-corrected chi connectivity index (χ0v) is 20.2. The first-order chi connectivity index (χ1) is 12.9. The molecule has 0 aromatic heterocycles. The number of nitrogens with zero attached hydrogens (tertiary/aromatic N) is 2. The fourth-order valence-electron chi connectivity index (χ4n) is 3.51. The van der Waals surface area contributed by atoms with Crippen molar-refractivity contribution in [1.82, 2.24) is 15.5 Å². The van der Waals surface area contributed by atoms with Crippen LogP contribution in [0.4, 0.5) is 5.69 Å². The smallest absolute Gasteiger partial charge is 0.229 e. The predicted molar refractivity (Wildman–Crippen MR) is 128 cm³/mol. The molecule has 7 nitrogen and oxygen atoms in total. The highest BCUT2D eigenvalue weighted by molar-refractivity contribution is 14.0. The molecule has 1 atom stereocenters. The Labute approximate surface area is 186 Å². The Bertz CT molecular complexity index is 727. The van der Waals surface area contributed by atoms with Crippen molar-refractivity contribution in [2.45, 2.75) is 45.2 Å². The lowest BCUT2D eigenvalue weighted by Crippen LogP contribution is -2.45. The fourth-order valence-corrected chi connectivity index (χ4v) is 4.11. The van der Waals surface area contributed by atoms with Crippen LogP contribution in [0.1, 0.15) is 38.2 Å². The molecule has 0 radical (unpaired) electrons. The van der Waals surface area contributed by atoms with Crippen LogP contribution in [0, 0.1) is 0 Å². The van der Waals surface area contributed by atoms with Gasteiger partial charge in [-0.15, -0.1) is 24.0 Å². The molecule has 3 N–H and O–H groups in total. The first-order valence-electron chi connectivity index (χ1n) is 9.67. The topological polar surface area (TPSA) is 85.8 Å². The summed E-state index contributed by atoms with van der Waals surface area (Å²) in [5.74, 6) is 0.717. The van der Waals surface area contributed by atoms with E-state index >= 15 is 0 Å². The predicted octanol–water partition coefficient (Wildman–Crippen LogP) is 2.61. The van der Waals surface area contributed by atoms with E-state index in [4.69, 9.17) is 0 Å². The van der Waals surface area contributed by atoms with Crippen LogP contribution >= 0.6 is 24.0 Å². The maximum Gasteiger partial charge on any atom is 0.229 e. The van der Waals surface area contributed by atoms with Crippen molar-refractivity contribution in [3.8, 4) is 0 Å². The number of para-hydroxylation sites is 1. The number of aliphatic imine (C=N–C) groups is 1. The third-order valence-electron chi connectivity index (χ3n) is 4.89. The van der Waals surface area contributed by atoms with Gasteiger partial charge in [0.05, 0.1) is 11.9 Å². The van der Waals surface area contributed by atoms with E-state index in [2.05, 4.69) is 32.2 Å². The lowest BCUT2D eigenvalue weighted by molar-refractivity contribution is 0.147. The van der Waals surface area contributed by atoms with Crippen molar-refractivity contribution in [3.63, 3.8) is 0 Å². The standard InChI is InChI=1S/C19H33N5O2S.HI/c1-4-17-10-7-8-13-24(17)14-12-21-19(20-2)22-15-16-9-5-6-11-18(16)23-27(3,25)26;/h5-6,9,11,17,23H,4,7-8,10,12-15H2,1-3H3,(H2,20,21,22);1H. The molecule has 9 heteroatoms. The monoisotopic (exact) mass is 523 g/mol. The Kier molecular flexibility index (Phi) is 11.1. The molecular weight excluding hydrogens is 489 g/mol. The molecule has 0 amide bonds. The Morgan fingerprint density at radius 3 is 2.68 bits per heavy atom. The van der Waals surface area contributed by atoms with Crippen molar-refractivity contribution >= 4 is 45.6 Å². The minimum Gasteiger partial charge on any atom is -0.355 e. The highest BCUT2D eigenvalue weighted by atomic mass is 127. The second kappa shape index (κ2) is 12.5. The fraction of sp³-hybridized carbons (Fsp3) is 0.632. The number of piperidine rings is 1. The zero-order chi connectivity index (χ0) is 19.7. The van der Waals surface area contributed by atoms with Crippen molar-refractivity contribution in [1.29, 1.82) is 0 Å². The van der Waals surface area contributed by atoms with Crippen molar-refractivity contribution < 1.29 is 8.42 Å². The van der Waals surface area contributed by atoms with Crippen LogP contribution in [0.3, 0.4) is 0 Å². The minimum absolute atomic E-state index is 0. The highest BCUT2D eigenvalue weighted by Gasteiger charge is 2.20. The summed E-state index contributed by atoms with van der Waals surface area (Å²) in [6.07, 6.45) is 6.28. The summed E-state index contributed by atoms with van der Waals surface area (Å²) >= 11 is 0. The lowest BCUT2D eigenvalue weighted by Gasteiger charge is -2.35. The third kappa shape index (κ3) is 8.52. The van der Waals surface area contributed by atoms with Crippen molar-refractivity contribution in [2.75, 3.05) is 37.7 Å². The largest absolute Gasteiger partial charge is 0.355 e. The number of sulfonamides is 1. The molecule has 1 fully saturated rings. The van der Waals surface area contributed by atoms with E-state index in [1.165, 1.54) is 32.2 Å². The number of guanidine groups is 1. The van der Waals surface area contributed by atoms with Gasteiger partial charge in [-0.1, -0.05) is 31.5 Å². The van der Waals surface area contributed by atoms with E-state index in [1.54, 1.807) is 13.1 Å². The zero-order valence-electron chi connectivity index (χ0n) is 17.1. The molecule has 28 heavy (non-hydrogen) atoms. The quantitative estimate of drug-likeness (QED) is 0.277. The average molecular weight is 523 g/mol. The van der Waals surface area contributed by atoms with Gasteiger partial charge in [0.15, 0.2) is 5.96 Å². The van der Waals surface area contributed by atoms with Crippen LogP contribution in [0.25, 0.3) is 0 Å². The summed E-state index contributed by atoms with van der Waals surface area (Å²) in [5.41, 5.74) is 1.45. The summed E-state index contributed by atoms with van der Waals surface area (Å²) in [7, 11) is -1.57. The summed E-state index contributed by atoms with van der Waals surface area (Å²) in [6.45, 7) is 5.76. The van der Waals surface area contributed by atoms with E-state index in [0.29, 0.717) is 24.2 Å². The summed E-state index contributed by atoms with van der Waals surface area (Å²) in [6, 6.07) is 8.06. The Hall–Kier alpha value is -1.07. The van der Waals surface area contributed by atoms with Gasteiger partial charge in [0.25, 0.3) is 0 Å². The summed E-state index contributed by atoms with van der Waals surface area (Å²) < 4.78 is 25.6. The third-order valence-corrected chi connectivity index (χ3v) is 5.49. The normalized spacial score (nSPS) is 18.2. The number of likely N-dealkylation sites (tertiary alicyclic amines) is 1. The molecule has 0 bridgehead atoms. The molecular formula is C19H34IN5O2S. The van der Waals surface area contributed by atoms with Crippen molar-refractivity contribution in [2.24, 2.45) is 4.99 Å². The van der Waals surface area contributed by atoms with E-state index < -0.39 is 10.0 Å². The molecule has 0 aliphatic carbocycles. The average Bonchev–Trinajstić information content (AvgIpc) is 2.64. The van der Waals surface area contributed by atoms with Crippen LogP contribution < -0.4 is 15.4 Å². The molecule has 2 rings (SSSR count). The molecule has 1 aliphatic heterocycles. The Balaban J connectivity index is 0.00000392. The molecule has 1 aromatic rings. The molecule has 1 heterocycles. The molecule has 160 valence electrons. The SMILES string of the molecule is CCC1CCCCN1CCNC(=NC)NCc1ccccc1NS(C)(=O)=O.I. The van der Waals surface area contributed by atoms with Gasteiger partial charge in [-0.3, -0.25) is 14.6 Å². The summed E-state index contributed by atoms with van der Waals surface area (Å²) in [5, 5.41) is 6.62. The number of hydrogen-bond acceptors (Lipinski definition) is 4. The second-order valence-corrected chi connectivity index (χ2v) is 8.73. The van der Waals surface area contributed by atoms with Crippen LogP contribution in [0.2, 0.25) is 0 Å². The first kappa shape index (κ1) is 25.0. The first-order valence-corrected chi connectivity index (χ1v) is 11.6. The van der Waals surface area contributed by atoms with Crippen LogP contribution in [0.5, 0.6) is 0 Å². The van der Waals surface area contributed by atoms with Crippen LogP contribution in [0.15, 0.2) is 29.3 Å². The Morgan fingerprint density at radius 1 is 1.25 bits per heavy atom. The maximum atomic E-state index is 11.5. The van der Waals surface area contributed by atoms with Gasteiger partial charge in [-0.05, 0) is 37.4 Å². The highest BCUT2D eigenvalue weighted by Crippen LogP contribution is 2.18. The van der Waals surface area contributed by atoms with Gasteiger partial charge >= 0.3 is 0 Å².